The number of rotatable bonds is 2. The van der Waals surface area contributed by atoms with Crippen LogP contribution < -0.4 is 5.73 Å². The lowest BCUT2D eigenvalue weighted by Crippen LogP contribution is -2.18. The molecule has 0 fully saturated rings. The number of hydrogen-bond acceptors (Lipinski definition) is 5. The fraction of sp³-hybridized carbons (Fsp3) is 0.571. The van der Waals surface area contributed by atoms with Gasteiger partial charge >= 0.3 is 16.1 Å². The molecule has 74 valence electrons. The van der Waals surface area contributed by atoms with E-state index in [4.69, 9.17) is 5.73 Å². The zero-order valence-corrected chi connectivity index (χ0v) is 8.00. The third kappa shape index (κ3) is 3.16. The van der Waals surface area contributed by atoms with E-state index in [1.54, 1.807) is 6.08 Å². The molecule has 0 radical (unpaired) electrons. The van der Waals surface area contributed by atoms with E-state index in [0.29, 0.717) is 18.4 Å². The van der Waals surface area contributed by atoms with E-state index in [1.165, 1.54) is 0 Å². The zero-order chi connectivity index (χ0) is 10.1. The summed E-state index contributed by atoms with van der Waals surface area (Å²) < 4.78 is 25.3. The molecule has 1 rings (SSSR count). The Morgan fingerprint density at radius 2 is 2.31 bits per heavy atom. The molecule has 0 heterocycles. The van der Waals surface area contributed by atoms with E-state index in [1.807, 2.05) is 0 Å². The summed E-state index contributed by atoms with van der Waals surface area (Å²) in [7, 11) is -3.71. The van der Waals surface area contributed by atoms with Crippen molar-refractivity contribution >= 4 is 16.1 Å². The average molecular weight is 205 g/mol. The molecule has 0 saturated carbocycles. The van der Waals surface area contributed by atoms with E-state index >= 15 is 0 Å². The quantitative estimate of drug-likeness (QED) is 0.616. The van der Waals surface area contributed by atoms with Gasteiger partial charge in [0.1, 0.15) is 0 Å². The van der Waals surface area contributed by atoms with Crippen molar-refractivity contribution in [3.63, 3.8) is 0 Å². The first-order valence-electron chi connectivity index (χ1n) is 3.77. The molecule has 1 atom stereocenters. The summed E-state index contributed by atoms with van der Waals surface area (Å²) in [5, 5.41) is 0. The highest BCUT2D eigenvalue weighted by Crippen LogP contribution is 2.18. The first-order valence-corrected chi connectivity index (χ1v) is 5.58. The number of nitrogens with two attached hydrogens (primary N) is 1. The standard InChI is InChI=1S/C7H11NO4S/c1-13(10,11)12-7(9)5-2-3-6(8)4-5/h2,6H,3-4,8H2,1H3. The minimum absolute atomic E-state index is 0.0953. The molecule has 0 bridgehead atoms. The summed E-state index contributed by atoms with van der Waals surface area (Å²) in [5.41, 5.74) is 5.86. The summed E-state index contributed by atoms with van der Waals surface area (Å²) in [5.74, 6) is -0.810. The van der Waals surface area contributed by atoms with E-state index < -0.39 is 16.1 Å². The van der Waals surface area contributed by atoms with Crippen LogP contribution in [0.25, 0.3) is 0 Å². The molecule has 13 heavy (non-hydrogen) atoms. The second kappa shape index (κ2) is 3.47. The number of hydrogen-bond donors (Lipinski definition) is 1. The van der Waals surface area contributed by atoms with Crippen LogP contribution in [0.5, 0.6) is 0 Å². The van der Waals surface area contributed by atoms with Gasteiger partial charge < -0.3 is 9.92 Å². The third-order valence-corrected chi connectivity index (χ3v) is 2.09. The fourth-order valence-electron chi connectivity index (χ4n) is 1.10. The molecule has 0 saturated heterocycles. The summed E-state index contributed by atoms with van der Waals surface area (Å²) >= 11 is 0. The van der Waals surface area contributed by atoms with Gasteiger partial charge in [-0.2, -0.15) is 8.42 Å². The second-order valence-corrected chi connectivity index (χ2v) is 4.58. The minimum atomic E-state index is -3.71. The number of carbonyl (C=O) groups excluding carboxylic acids is 1. The topological polar surface area (TPSA) is 86.5 Å². The maximum Gasteiger partial charge on any atom is 0.349 e. The highest BCUT2D eigenvalue weighted by molar-refractivity contribution is 7.86. The first kappa shape index (κ1) is 10.2. The van der Waals surface area contributed by atoms with Gasteiger partial charge in [-0.25, -0.2) is 4.79 Å². The molecular formula is C7H11NO4S. The molecule has 0 aromatic rings. The van der Waals surface area contributed by atoms with Crippen molar-refractivity contribution in [2.45, 2.75) is 18.9 Å². The Kier molecular flexibility index (Phi) is 2.72. The highest BCUT2D eigenvalue weighted by Gasteiger charge is 2.22. The van der Waals surface area contributed by atoms with Crippen LogP contribution in [0.3, 0.4) is 0 Å². The maximum atomic E-state index is 11.1. The van der Waals surface area contributed by atoms with Crippen molar-refractivity contribution in [1.82, 2.24) is 0 Å². The molecule has 2 N–H and O–H groups in total. The van der Waals surface area contributed by atoms with Crippen molar-refractivity contribution in [2.24, 2.45) is 5.73 Å². The van der Waals surface area contributed by atoms with Crippen LogP contribution in [0.4, 0.5) is 0 Å². The van der Waals surface area contributed by atoms with E-state index in [2.05, 4.69) is 4.18 Å². The predicted octanol–water partition coefficient (Wildman–Crippen LogP) is -0.463. The first-order chi connectivity index (χ1) is 5.88. The van der Waals surface area contributed by atoms with Crippen LogP contribution >= 0.6 is 0 Å². The Hall–Kier alpha value is -0.880. The molecule has 5 nitrogen and oxygen atoms in total. The summed E-state index contributed by atoms with van der Waals surface area (Å²) in [6, 6.07) is -0.0953. The van der Waals surface area contributed by atoms with Crippen LogP contribution in [0.2, 0.25) is 0 Å². The lowest BCUT2D eigenvalue weighted by atomic mass is 10.2. The summed E-state index contributed by atoms with van der Waals surface area (Å²) in [6.45, 7) is 0. The van der Waals surface area contributed by atoms with Crippen molar-refractivity contribution in [3.05, 3.63) is 11.6 Å². The van der Waals surface area contributed by atoms with E-state index in [0.717, 1.165) is 6.26 Å². The van der Waals surface area contributed by atoms with Crippen molar-refractivity contribution in [3.8, 4) is 0 Å². The van der Waals surface area contributed by atoms with Crippen LogP contribution in [0, 0.1) is 0 Å². The Balaban J connectivity index is 2.60. The van der Waals surface area contributed by atoms with Gasteiger partial charge in [-0.05, 0) is 12.8 Å². The fourth-order valence-corrected chi connectivity index (χ4v) is 1.48. The Morgan fingerprint density at radius 3 is 2.69 bits per heavy atom. The molecule has 6 heteroatoms. The molecular weight excluding hydrogens is 194 g/mol. The molecule has 0 aromatic carbocycles. The van der Waals surface area contributed by atoms with Crippen molar-refractivity contribution in [2.75, 3.05) is 6.26 Å². The van der Waals surface area contributed by atoms with Gasteiger partial charge in [0.15, 0.2) is 0 Å². The van der Waals surface area contributed by atoms with Crippen LogP contribution in [-0.4, -0.2) is 26.7 Å². The Morgan fingerprint density at radius 1 is 1.69 bits per heavy atom. The van der Waals surface area contributed by atoms with Crippen LogP contribution in [0.1, 0.15) is 12.8 Å². The van der Waals surface area contributed by atoms with Gasteiger partial charge in [0.25, 0.3) is 0 Å². The summed E-state index contributed by atoms with van der Waals surface area (Å²) in [6.07, 6.45) is 3.42. The Bertz CT molecular complexity index is 344. The zero-order valence-electron chi connectivity index (χ0n) is 7.19. The molecule has 1 unspecified atom stereocenters. The van der Waals surface area contributed by atoms with Gasteiger partial charge in [-0.1, -0.05) is 6.08 Å². The van der Waals surface area contributed by atoms with E-state index in [-0.39, 0.29) is 6.04 Å². The number of carbonyl (C=O) groups is 1. The highest BCUT2D eigenvalue weighted by atomic mass is 32.2. The third-order valence-electron chi connectivity index (χ3n) is 1.64. The molecule has 0 amide bonds. The molecule has 0 aliphatic heterocycles. The average Bonchev–Trinajstić information content (AvgIpc) is 2.31. The van der Waals surface area contributed by atoms with Crippen molar-refractivity contribution in [1.29, 1.82) is 0 Å². The monoisotopic (exact) mass is 205 g/mol. The Labute approximate surface area is 76.7 Å². The predicted molar refractivity (Wildman–Crippen MR) is 46.2 cm³/mol. The lowest BCUT2D eigenvalue weighted by molar-refractivity contribution is -0.129. The SMILES string of the molecule is CS(=O)(=O)OC(=O)C1=CCC(N)C1. The van der Waals surface area contributed by atoms with Gasteiger partial charge in [0, 0.05) is 11.6 Å². The molecule has 0 spiro atoms. The maximum absolute atomic E-state index is 11.1. The normalized spacial score (nSPS) is 22.6. The largest absolute Gasteiger partial charge is 0.349 e. The summed E-state index contributed by atoms with van der Waals surface area (Å²) in [4.78, 5) is 11.1. The van der Waals surface area contributed by atoms with Crippen molar-refractivity contribution < 1.29 is 17.4 Å². The van der Waals surface area contributed by atoms with Gasteiger partial charge in [0.05, 0.1) is 6.26 Å². The van der Waals surface area contributed by atoms with E-state index in [9.17, 15) is 13.2 Å². The van der Waals surface area contributed by atoms with Crippen LogP contribution in [0.15, 0.2) is 11.6 Å². The minimum Gasteiger partial charge on any atom is -0.342 e. The van der Waals surface area contributed by atoms with Gasteiger partial charge in [-0.3, -0.25) is 0 Å². The molecule has 1 aliphatic carbocycles. The second-order valence-electron chi connectivity index (χ2n) is 3.00. The van der Waals surface area contributed by atoms with Crippen LogP contribution in [-0.2, 0) is 19.1 Å². The van der Waals surface area contributed by atoms with Gasteiger partial charge in [-0.15, -0.1) is 0 Å². The molecule has 0 aromatic heterocycles. The molecule has 1 aliphatic rings. The van der Waals surface area contributed by atoms with Gasteiger partial charge in [0.2, 0.25) is 0 Å². The smallest absolute Gasteiger partial charge is 0.342 e. The lowest BCUT2D eigenvalue weighted by Gasteiger charge is -2.02.